The Morgan fingerprint density at radius 2 is 2.64 bits per heavy atom. The van der Waals surface area contributed by atoms with Crippen LogP contribution in [0.25, 0.3) is 0 Å². The molecule has 0 bridgehead atoms. The maximum Gasteiger partial charge on any atom is 0.287 e. The summed E-state index contributed by atoms with van der Waals surface area (Å²) in [5.41, 5.74) is 0. The van der Waals surface area contributed by atoms with E-state index < -0.39 is 0 Å². The Bertz CT molecular complexity index is 363. The zero-order valence-electron chi connectivity index (χ0n) is 7.66. The van der Waals surface area contributed by atoms with Crippen LogP contribution in [-0.2, 0) is 11.3 Å². The highest BCUT2D eigenvalue weighted by Gasteiger charge is 2.25. The first-order valence-corrected chi connectivity index (χ1v) is 5.02. The number of aromatic nitrogens is 2. The van der Waals surface area contributed by atoms with E-state index in [9.17, 15) is 4.79 Å². The first-order chi connectivity index (χ1) is 6.70. The van der Waals surface area contributed by atoms with Crippen LogP contribution in [0.2, 0.25) is 0 Å². The van der Waals surface area contributed by atoms with E-state index in [4.69, 9.17) is 4.74 Å². The Hall–Kier alpha value is -0.880. The lowest BCUT2D eigenvalue weighted by molar-refractivity contribution is 0.0833. The second-order valence-corrected chi connectivity index (χ2v) is 3.98. The number of nitrogens with one attached hydrogen (secondary N) is 1. The molecule has 0 spiro atoms. The normalized spacial score (nSPS) is 20.4. The number of amides is 1. The Kier molecular flexibility index (Phi) is 2.56. The van der Waals surface area contributed by atoms with Crippen molar-refractivity contribution in [1.29, 1.82) is 0 Å². The van der Waals surface area contributed by atoms with Crippen LogP contribution < -0.4 is 5.32 Å². The van der Waals surface area contributed by atoms with E-state index in [0.717, 1.165) is 0 Å². The van der Waals surface area contributed by atoms with Crippen LogP contribution in [0.4, 0.5) is 0 Å². The van der Waals surface area contributed by atoms with Gasteiger partial charge in [-0.15, -0.1) is 0 Å². The van der Waals surface area contributed by atoms with E-state index in [-0.39, 0.29) is 11.9 Å². The predicted octanol–water partition coefficient (Wildman–Crippen LogP) is 0.404. The van der Waals surface area contributed by atoms with Gasteiger partial charge in [0.1, 0.15) is 4.60 Å². The second kappa shape index (κ2) is 3.70. The lowest BCUT2D eigenvalue weighted by atomic mass is 10.2. The van der Waals surface area contributed by atoms with Crippen LogP contribution in [0.1, 0.15) is 10.6 Å². The summed E-state index contributed by atoms with van der Waals surface area (Å²) >= 11 is 3.24. The quantitative estimate of drug-likeness (QED) is 0.837. The molecule has 1 aliphatic rings. The molecule has 0 radical (unpaired) electrons. The number of halogens is 1. The number of carbonyl (C=O) groups excluding carboxylic acids is 1. The zero-order chi connectivity index (χ0) is 10.1. The highest BCUT2D eigenvalue weighted by atomic mass is 79.9. The molecule has 0 saturated carbocycles. The van der Waals surface area contributed by atoms with Gasteiger partial charge in [-0.1, -0.05) is 0 Å². The van der Waals surface area contributed by atoms with Crippen molar-refractivity contribution in [3.05, 3.63) is 16.6 Å². The van der Waals surface area contributed by atoms with E-state index in [1.165, 1.54) is 0 Å². The molecule has 0 aliphatic carbocycles. The fourth-order valence-corrected chi connectivity index (χ4v) is 1.95. The monoisotopic (exact) mass is 259 g/mol. The third-order valence-electron chi connectivity index (χ3n) is 2.07. The van der Waals surface area contributed by atoms with Crippen molar-refractivity contribution in [2.75, 3.05) is 13.7 Å². The highest BCUT2D eigenvalue weighted by molar-refractivity contribution is 9.10. The van der Waals surface area contributed by atoms with Gasteiger partial charge in [-0.05, 0) is 15.9 Å². The molecule has 1 unspecified atom stereocenters. The summed E-state index contributed by atoms with van der Waals surface area (Å²) in [6.45, 7) is 1.22. The third kappa shape index (κ3) is 1.67. The molecule has 1 aliphatic heterocycles. The summed E-state index contributed by atoms with van der Waals surface area (Å²) in [6.07, 6.45) is 1.80. The second-order valence-electron chi connectivity index (χ2n) is 3.17. The van der Waals surface area contributed by atoms with Gasteiger partial charge < -0.3 is 14.6 Å². The summed E-state index contributed by atoms with van der Waals surface area (Å²) in [5.74, 6) is 0.299. The summed E-state index contributed by atoms with van der Waals surface area (Å²) in [6, 6.07) is 0.0288. The molecule has 1 atom stereocenters. The van der Waals surface area contributed by atoms with Crippen molar-refractivity contribution >= 4 is 21.8 Å². The fourth-order valence-electron chi connectivity index (χ4n) is 1.53. The molecule has 14 heavy (non-hydrogen) atoms. The van der Waals surface area contributed by atoms with E-state index >= 15 is 0 Å². The van der Waals surface area contributed by atoms with Crippen LogP contribution in [-0.4, -0.2) is 35.2 Å². The predicted molar refractivity (Wildman–Crippen MR) is 53.1 cm³/mol. The van der Waals surface area contributed by atoms with Crippen LogP contribution in [0.5, 0.6) is 0 Å². The summed E-state index contributed by atoms with van der Waals surface area (Å²) in [4.78, 5) is 15.6. The number of fused-ring (bicyclic) bond motifs is 1. The SMILES string of the molecule is COCC1Cn2cc(Br)nc2C(=O)N1. The number of carbonyl (C=O) groups is 1. The van der Waals surface area contributed by atoms with Crippen molar-refractivity contribution in [2.24, 2.45) is 0 Å². The average Bonchev–Trinajstić information content (AvgIpc) is 2.47. The minimum atomic E-state index is -0.149. The number of nitrogens with zero attached hydrogens (tertiary/aromatic N) is 2. The molecule has 5 nitrogen and oxygen atoms in total. The van der Waals surface area contributed by atoms with Gasteiger partial charge in [0.05, 0.1) is 12.6 Å². The standard InChI is InChI=1S/C8H10BrN3O2/c1-14-4-5-2-12-3-6(9)11-7(12)8(13)10-5/h3,5H,2,4H2,1H3,(H,10,13). The van der Waals surface area contributed by atoms with Crippen molar-refractivity contribution in [2.45, 2.75) is 12.6 Å². The Morgan fingerprint density at radius 3 is 3.36 bits per heavy atom. The average molecular weight is 260 g/mol. The lowest BCUT2D eigenvalue weighted by Crippen LogP contribution is -2.46. The molecule has 6 heteroatoms. The van der Waals surface area contributed by atoms with Gasteiger partial charge in [-0.3, -0.25) is 4.79 Å². The van der Waals surface area contributed by atoms with Crippen LogP contribution >= 0.6 is 15.9 Å². The van der Waals surface area contributed by atoms with E-state index in [1.807, 2.05) is 4.57 Å². The van der Waals surface area contributed by atoms with Gasteiger partial charge in [0, 0.05) is 19.9 Å². The lowest BCUT2D eigenvalue weighted by Gasteiger charge is -2.23. The highest BCUT2D eigenvalue weighted by Crippen LogP contribution is 2.14. The number of imidazole rings is 1. The Balaban J connectivity index is 2.24. The fraction of sp³-hybridized carbons (Fsp3) is 0.500. The van der Waals surface area contributed by atoms with Gasteiger partial charge in [-0.2, -0.15) is 0 Å². The first kappa shape index (κ1) is 9.67. The van der Waals surface area contributed by atoms with Crippen LogP contribution in [0.3, 0.4) is 0 Å². The molecular formula is C8H10BrN3O2. The van der Waals surface area contributed by atoms with Crippen molar-refractivity contribution in [3.8, 4) is 0 Å². The molecule has 1 aromatic rings. The van der Waals surface area contributed by atoms with E-state index in [2.05, 4.69) is 26.2 Å². The minimum Gasteiger partial charge on any atom is -0.382 e. The molecule has 0 aromatic carbocycles. The molecule has 1 aromatic heterocycles. The Morgan fingerprint density at radius 1 is 1.86 bits per heavy atom. The van der Waals surface area contributed by atoms with Gasteiger partial charge in [-0.25, -0.2) is 4.98 Å². The molecular weight excluding hydrogens is 250 g/mol. The van der Waals surface area contributed by atoms with Crippen LogP contribution in [0.15, 0.2) is 10.8 Å². The largest absolute Gasteiger partial charge is 0.382 e. The van der Waals surface area contributed by atoms with Gasteiger partial charge in [0.15, 0.2) is 5.82 Å². The molecule has 1 N–H and O–H groups in total. The van der Waals surface area contributed by atoms with E-state index in [0.29, 0.717) is 23.6 Å². The van der Waals surface area contributed by atoms with Crippen molar-refractivity contribution in [3.63, 3.8) is 0 Å². The number of hydrogen-bond acceptors (Lipinski definition) is 3. The first-order valence-electron chi connectivity index (χ1n) is 4.23. The summed E-state index contributed by atoms with van der Waals surface area (Å²) < 4.78 is 7.50. The number of methoxy groups -OCH3 is 1. The maximum atomic E-state index is 11.5. The minimum absolute atomic E-state index is 0.0288. The van der Waals surface area contributed by atoms with Gasteiger partial charge in [0.25, 0.3) is 5.91 Å². The molecule has 2 rings (SSSR count). The molecule has 1 amide bonds. The van der Waals surface area contributed by atoms with Gasteiger partial charge in [0.2, 0.25) is 0 Å². The van der Waals surface area contributed by atoms with Crippen LogP contribution in [0, 0.1) is 0 Å². The number of rotatable bonds is 2. The third-order valence-corrected chi connectivity index (χ3v) is 2.45. The smallest absolute Gasteiger partial charge is 0.287 e. The summed E-state index contributed by atoms with van der Waals surface area (Å²) in [7, 11) is 1.62. The van der Waals surface area contributed by atoms with E-state index in [1.54, 1.807) is 13.3 Å². The molecule has 76 valence electrons. The number of hydrogen-bond donors (Lipinski definition) is 1. The molecule has 2 heterocycles. The Labute approximate surface area is 89.6 Å². The topological polar surface area (TPSA) is 56.2 Å². The summed E-state index contributed by atoms with van der Waals surface area (Å²) in [5, 5.41) is 2.82. The maximum absolute atomic E-state index is 11.5. The molecule has 0 fully saturated rings. The van der Waals surface area contributed by atoms with Crippen molar-refractivity contribution < 1.29 is 9.53 Å². The zero-order valence-corrected chi connectivity index (χ0v) is 9.24. The molecule has 0 saturated heterocycles. The number of ether oxygens (including phenoxy) is 1. The van der Waals surface area contributed by atoms with Crippen molar-refractivity contribution in [1.82, 2.24) is 14.9 Å². The van der Waals surface area contributed by atoms with Gasteiger partial charge >= 0.3 is 0 Å².